The van der Waals surface area contributed by atoms with E-state index in [-0.39, 0.29) is 19.3 Å². The van der Waals surface area contributed by atoms with Gasteiger partial charge in [-0.05, 0) is 13.3 Å². The van der Waals surface area contributed by atoms with Gasteiger partial charge in [0.1, 0.15) is 5.92 Å². The maximum atomic E-state index is 11.3. The molecular weight excluding hydrogens is 202 g/mol. The summed E-state index contributed by atoms with van der Waals surface area (Å²) < 4.78 is 4.82. The van der Waals surface area contributed by atoms with Crippen LogP contribution in [-0.4, -0.2) is 48.5 Å². The smallest absolute Gasteiger partial charge is 0.315 e. The molecule has 0 aromatic rings. The average molecular weight is 219 g/mol. The van der Waals surface area contributed by atoms with Gasteiger partial charge in [-0.2, -0.15) is 0 Å². The average Bonchev–Trinajstić information content (AvgIpc) is 2.17. The molecule has 0 aliphatic heterocycles. The van der Waals surface area contributed by atoms with Crippen molar-refractivity contribution in [3.63, 3.8) is 0 Å². The van der Waals surface area contributed by atoms with Gasteiger partial charge in [0.25, 0.3) is 0 Å². The third-order valence-corrected chi connectivity index (χ3v) is 1.96. The number of nitrogens with one attached hydrogen (secondary N) is 1. The van der Waals surface area contributed by atoms with E-state index in [2.05, 4.69) is 5.32 Å². The zero-order valence-electron chi connectivity index (χ0n) is 8.90. The van der Waals surface area contributed by atoms with Crippen molar-refractivity contribution in [2.75, 3.05) is 20.3 Å². The van der Waals surface area contributed by atoms with E-state index in [0.717, 1.165) is 0 Å². The monoisotopic (exact) mass is 219 g/mol. The van der Waals surface area contributed by atoms with Crippen molar-refractivity contribution in [1.82, 2.24) is 5.32 Å². The first-order chi connectivity index (χ1) is 7.02. The van der Waals surface area contributed by atoms with Gasteiger partial charge in [0.2, 0.25) is 5.91 Å². The molecule has 0 rings (SSSR count). The van der Waals surface area contributed by atoms with Crippen molar-refractivity contribution >= 4 is 11.9 Å². The van der Waals surface area contributed by atoms with Crippen LogP contribution in [0.25, 0.3) is 0 Å². The Morgan fingerprint density at radius 1 is 1.47 bits per heavy atom. The Bertz CT molecular complexity index is 213. The lowest BCUT2D eigenvalue weighted by Crippen LogP contribution is -2.43. The Hall–Kier alpha value is -1.14. The Balaban J connectivity index is 4.14. The van der Waals surface area contributed by atoms with Crippen LogP contribution in [0.5, 0.6) is 0 Å². The van der Waals surface area contributed by atoms with E-state index in [0.29, 0.717) is 6.42 Å². The standard InChI is InChI=1S/C9H17NO5/c1-6(9(13)14)8(12)10-7(3-4-11)5-15-2/h6-7,11H,3-5H2,1-2H3,(H,10,12)(H,13,14). The predicted octanol–water partition coefficient (Wildman–Crippen LogP) is -0.779. The molecule has 3 N–H and O–H groups in total. The molecular formula is C9H17NO5. The van der Waals surface area contributed by atoms with Crippen molar-refractivity contribution in [1.29, 1.82) is 0 Å². The molecule has 0 aromatic carbocycles. The second-order valence-corrected chi connectivity index (χ2v) is 3.23. The van der Waals surface area contributed by atoms with Crippen LogP contribution in [-0.2, 0) is 14.3 Å². The summed E-state index contributed by atoms with van der Waals surface area (Å²) in [5, 5.41) is 19.8. The molecule has 2 unspecified atom stereocenters. The zero-order chi connectivity index (χ0) is 11.8. The lowest BCUT2D eigenvalue weighted by atomic mass is 10.1. The van der Waals surface area contributed by atoms with Crippen LogP contribution in [0.2, 0.25) is 0 Å². The number of carbonyl (C=O) groups excluding carboxylic acids is 1. The van der Waals surface area contributed by atoms with Gasteiger partial charge in [-0.15, -0.1) is 0 Å². The highest BCUT2D eigenvalue weighted by molar-refractivity contribution is 5.96. The van der Waals surface area contributed by atoms with E-state index >= 15 is 0 Å². The van der Waals surface area contributed by atoms with Crippen LogP contribution in [0.15, 0.2) is 0 Å². The molecule has 0 aromatic heterocycles. The van der Waals surface area contributed by atoms with E-state index < -0.39 is 17.8 Å². The topological polar surface area (TPSA) is 95.9 Å². The fraction of sp³-hybridized carbons (Fsp3) is 0.778. The molecule has 6 nitrogen and oxygen atoms in total. The van der Waals surface area contributed by atoms with Gasteiger partial charge in [0.15, 0.2) is 0 Å². The number of carboxylic acids is 1. The van der Waals surface area contributed by atoms with Crippen LogP contribution >= 0.6 is 0 Å². The van der Waals surface area contributed by atoms with Crippen molar-refractivity contribution < 1.29 is 24.5 Å². The molecule has 0 aliphatic rings. The summed E-state index contributed by atoms with van der Waals surface area (Å²) in [4.78, 5) is 21.8. The highest BCUT2D eigenvalue weighted by Gasteiger charge is 2.22. The van der Waals surface area contributed by atoms with Gasteiger partial charge in [-0.1, -0.05) is 0 Å². The minimum Gasteiger partial charge on any atom is -0.481 e. The van der Waals surface area contributed by atoms with Crippen molar-refractivity contribution in [3.8, 4) is 0 Å². The summed E-state index contributed by atoms with van der Waals surface area (Å²) in [7, 11) is 1.47. The largest absolute Gasteiger partial charge is 0.481 e. The minimum atomic E-state index is -1.17. The lowest BCUT2D eigenvalue weighted by molar-refractivity contribution is -0.146. The quantitative estimate of drug-likeness (QED) is 0.488. The zero-order valence-corrected chi connectivity index (χ0v) is 8.90. The summed E-state index contributed by atoms with van der Waals surface area (Å²) in [6.07, 6.45) is 0.339. The fourth-order valence-corrected chi connectivity index (χ4v) is 0.993. The van der Waals surface area contributed by atoms with E-state index in [1.165, 1.54) is 14.0 Å². The van der Waals surface area contributed by atoms with Gasteiger partial charge in [-0.25, -0.2) is 0 Å². The molecule has 0 saturated heterocycles. The van der Waals surface area contributed by atoms with Crippen molar-refractivity contribution in [3.05, 3.63) is 0 Å². The van der Waals surface area contributed by atoms with Gasteiger partial charge < -0.3 is 20.3 Å². The van der Waals surface area contributed by atoms with E-state index in [9.17, 15) is 9.59 Å². The number of carbonyl (C=O) groups is 2. The number of hydrogen-bond donors (Lipinski definition) is 3. The Labute approximate surface area is 88.2 Å². The number of aliphatic hydroxyl groups is 1. The first-order valence-corrected chi connectivity index (χ1v) is 4.65. The summed E-state index contributed by atoms with van der Waals surface area (Å²) in [5.41, 5.74) is 0. The molecule has 0 saturated carbocycles. The first-order valence-electron chi connectivity index (χ1n) is 4.65. The van der Waals surface area contributed by atoms with Crippen molar-refractivity contribution in [2.45, 2.75) is 19.4 Å². The molecule has 15 heavy (non-hydrogen) atoms. The van der Waals surface area contributed by atoms with Crippen LogP contribution in [0.1, 0.15) is 13.3 Å². The first kappa shape index (κ1) is 13.9. The molecule has 0 radical (unpaired) electrons. The molecule has 6 heteroatoms. The van der Waals surface area contributed by atoms with E-state index in [1.54, 1.807) is 0 Å². The second kappa shape index (κ2) is 7.19. The highest BCUT2D eigenvalue weighted by Crippen LogP contribution is 1.98. The summed E-state index contributed by atoms with van der Waals surface area (Å²) in [6, 6.07) is -0.353. The SMILES string of the molecule is COCC(CCO)NC(=O)C(C)C(=O)O. The number of hydrogen-bond acceptors (Lipinski definition) is 4. The molecule has 0 spiro atoms. The van der Waals surface area contributed by atoms with Crippen LogP contribution in [0.3, 0.4) is 0 Å². The molecule has 0 aliphatic carbocycles. The summed E-state index contributed by atoms with van der Waals surface area (Å²) >= 11 is 0. The molecule has 0 bridgehead atoms. The van der Waals surface area contributed by atoms with E-state index in [4.69, 9.17) is 14.9 Å². The van der Waals surface area contributed by atoms with Crippen LogP contribution in [0, 0.1) is 5.92 Å². The Kier molecular flexibility index (Phi) is 6.64. The minimum absolute atomic E-state index is 0.0875. The number of carboxylic acid groups (broad SMARTS) is 1. The summed E-state index contributed by atoms with van der Waals surface area (Å²) in [5.74, 6) is -2.84. The molecule has 0 heterocycles. The van der Waals surface area contributed by atoms with Crippen molar-refractivity contribution in [2.24, 2.45) is 5.92 Å². The third kappa shape index (κ3) is 5.34. The lowest BCUT2D eigenvalue weighted by Gasteiger charge is -2.18. The van der Waals surface area contributed by atoms with Gasteiger partial charge in [0, 0.05) is 13.7 Å². The number of ether oxygens (including phenoxy) is 1. The normalized spacial score (nSPS) is 14.3. The maximum absolute atomic E-state index is 11.3. The maximum Gasteiger partial charge on any atom is 0.315 e. The highest BCUT2D eigenvalue weighted by atomic mass is 16.5. The Morgan fingerprint density at radius 2 is 2.07 bits per heavy atom. The fourth-order valence-electron chi connectivity index (χ4n) is 0.993. The predicted molar refractivity (Wildman–Crippen MR) is 52.3 cm³/mol. The Morgan fingerprint density at radius 3 is 2.47 bits per heavy atom. The third-order valence-electron chi connectivity index (χ3n) is 1.96. The number of amides is 1. The van der Waals surface area contributed by atoms with Crippen LogP contribution < -0.4 is 5.32 Å². The second-order valence-electron chi connectivity index (χ2n) is 3.23. The van der Waals surface area contributed by atoms with Gasteiger partial charge in [0.05, 0.1) is 12.6 Å². The van der Waals surface area contributed by atoms with Gasteiger partial charge in [-0.3, -0.25) is 9.59 Å². The summed E-state index contributed by atoms with van der Waals surface area (Å²) in [6.45, 7) is 1.47. The molecule has 88 valence electrons. The number of aliphatic carboxylic acids is 1. The van der Waals surface area contributed by atoms with Gasteiger partial charge >= 0.3 is 5.97 Å². The number of aliphatic hydroxyl groups excluding tert-OH is 1. The number of methoxy groups -OCH3 is 1. The molecule has 1 amide bonds. The van der Waals surface area contributed by atoms with E-state index in [1.807, 2.05) is 0 Å². The van der Waals surface area contributed by atoms with Crippen LogP contribution in [0.4, 0.5) is 0 Å². The molecule has 0 fully saturated rings. The number of rotatable bonds is 7. The molecule has 2 atom stereocenters.